The minimum Gasteiger partial charge on any atom is -0.393 e. The molecular formula is C14H17N3OS. The van der Waals surface area contributed by atoms with E-state index in [1.807, 2.05) is 38.1 Å². The van der Waals surface area contributed by atoms with E-state index < -0.39 is 0 Å². The molecule has 1 aromatic carbocycles. The number of thiocarbonyl (C=S) groups is 1. The highest BCUT2D eigenvalue weighted by molar-refractivity contribution is 7.80. The van der Waals surface area contributed by atoms with Crippen LogP contribution in [0.15, 0.2) is 35.3 Å². The van der Waals surface area contributed by atoms with Crippen molar-refractivity contribution in [1.82, 2.24) is 9.55 Å². The van der Waals surface area contributed by atoms with Crippen LogP contribution in [-0.2, 0) is 6.54 Å². The highest BCUT2D eigenvalue weighted by atomic mass is 32.1. The van der Waals surface area contributed by atoms with Crippen LogP contribution < -0.4 is 11.3 Å². The molecule has 19 heavy (non-hydrogen) atoms. The van der Waals surface area contributed by atoms with Gasteiger partial charge in [0.25, 0.3) is 5.56 Å². The SMILES string of the molecule is CC(C)(CCn1c(=O)cnc2ccccc21)C(N)=S. The Hall–Kier alpha value is -1.75. The summed E-state index contributed by atoms with van der Waals surface area (Å²) in [6.45, 7) is 4.56. The number of aryl methyl sites for hydroxylation is 1. The Morgan fingerprint density at radius 2 is 2.11 bits per heavy atom. The predicted molar refractivity (Wildman–Crippen MR) is 81.2 cm³/mol. The normalized spacial score (nSPS) is 11.7. The highest BCUT2D eigenvalue weighted by Crippen LogP contribution is 2.22. The second-order valence-electron chi connectivity index (χ2n) is 5.23. The standard InChI is InChI=1S/C14H17N3OS/c1-14(2,13(15)19)7-8-17-11-6-4-3-5-10(11)16-9-12(17)18/h3-6,9H,7-8H2,1-2H3,(H2,15,19). The van der Waals surface area contributed by atoms with Crippen LogP contribution in [0, 0.1) is 5.41 Å². The summed E-state index contributed by atoms with van der Waals surface area (Å²) in [7, 11) is 0. The van der Waals surface area contributed by atoms with Gasteiger partial charge >= 0.3 is 0 Å². The highest BCUT2D eigenvalue weighted by Gasteiger charge is 2.21. The van der Waals surface area contributed by atoms with Gasteiger partial charge in [0.05, 0.1) is 22.2 Å². The summed E-state index contributed by atoms with van der Waals surface area (Å²) >= 11 is 5.05. The topological polar surface area (TPSA) is 60.9 Å². The first-order valence-electron chi connectivity index (χ1n) is 6.16. The first-order valence-corrected chi connectivity index (χ1v) is 6.57. The lowest BCUT2D eigenvalue weighted by atomic mass is 9.89. The van der Waals surface area contributed by atoms with Gasteiger partial charge in [0.1, 0.15) is 0 Å². The number of rotatable bonds is 4. The molecule has 1 heterocycles. The van der Waals surface area contributed by atoms with Gasteiger partial charge in [0, 0.05) is 12.0 Å². The van der Waals surface area contributed by atoms with E-state index in [1.54, 1.807) is 4.57 Å². The van der Waals surface area contributed by atoms with Crippen molar-refractivity contribution in [1.29, 1.82) is 0 Å². The minimum atomic E-state index is -0.265. The fourth-order valence-electron chi connectivity index (χ4n) is 1.86. The number of nitrogens with zero attached hydrogens (tertiary/aromatic N) is 2. The molecule has 2 aromatic rings. The van der Waals surface area contributed by atoms with Crippen molar-refractivity contribution >= 4 is 28.2 Å². The molecule has 0 saturated heterocycles. The number of para-hydroxylation sites is 2. The molecule has 0 spiro atoms. The maximum absolute atomic E-state index is 12.0. The summed E-state index contributed by atoms with van der Waals surface area (Å²) in [4.78, 5) is 16.6. The van der Waals surface area contributed by atoms with Crippen LogP contribution >= 0.6 is 12.2 Å². The fraction of sp³-hybridized carbons (Fsp3) is 0.357. The zero-order valence-electron chi connectivity index (χ0n) is 11.1. The first-order chi connectivity index (χ1) is 8.92. The predicted octanol–water partition coefficient (Wildman–Crippen LogP) is 2.10. The van der Waals surface area contributed by atoms with Crippen molar-refractivity contribution < 1.29 is 0 Å². The molecule has 0 aliphatic rings. The number of nitrogens with two attached hydrogens (primary N) is 1. The van der Waals surface area contributed by atoms with Crippen molar-refractivity contribution in [3.63, 3.8) is 0 Å². The van der Waals surface area contributed by atoms with E-state index in [0.717, 1.165) is 17.5 Å². The second-order valence-corrected chi connectivity index (χ2v) is 5.67. The summed E-state index contributed by atoms with van der Waals surface area (Å²) in [6, 6.07) is 7.60. The van der Waals surface area contributed by atoms with Crippen molar-refractivity contribution in [3.8, 4) is 0 Å². The van der Waals surface area contributed by atoms with Gasteiger partial charge in [-0.15, -0.1) is 0 Å². The lowest BCUT2D eigenvalue weighted by Crippen LogP contribution is -2.32. The van der Waals surface area contributed by atoms with Crippen LogP contribution in [0.4, 0.5) is 0 Å². The average molecular weight is 275 g/mol. The summed E-state index contributed by atoms with van der Waals surface area (Å²) in [5.41, 5.74) is 7.01. The quantitative estimate of drug-likeness (QED) is 0.868. The number of hydrogen-bond donors (Lipinski definition) is 1. The molecule has 4 nitrogen and oxygen atoms in total. The number of hydrogen-bond acceptors (Lipinski definition) is 3. The number of aromatic nitrogens is 2. The molecule has 0 saturated carbocycles. The maximum atomic E-state index is 12.0. The molecule has 0 atom stereocenters. The van der Waals surface area contributed by atoms with Crippen LogP contribution in [0.2, 0.25) is 0 Å². The molecule has 1 aromatic heterocycles. The molecule has 2 rings (SSSR count). The van der Waals surface area contributed by atoms with E-state index in [2.05, 4.69) is 4.98 Å². The molecule has 0 aliphatic carbocycles. The van der Waals surface area contributed by atoms with E-state index >= 15 is 0 Å². The zero-order chi connectivity index (χ0) is 14.0. The van der Waals surface area contributed by atoms with Gasteiger partial charge in [-0.1, -0.05) is 38.2 Å². The van der Waals surface area contributed by atoms with Crippen molar-refractivity contribution in [2.75, 3.05) is 0 Å². The average Bonchev–Trinajstić information content (AvgIpc) is 2.37. The van der Waals surface area contributed by atoms with Crippen LogP contribution in [0.1, 0.15) is 20.3 Å². The van der Waals surface area contributed by atoms with Crippen molar-refractivity contribution in [2.45, 2.75) is 26.8 Å². The Morgan fingerprint density at radius 1 is 1.42 bits per heavy atom. The molecule has 0 amide bonds. The monoisotopic (exact) mass is 275 g/mol. The molecule has 0 fully saturated rings. The van der Waals surface area contributed by atoms with E-state index in [0.29, 0.717) is 11.5 Å². The Bertz CT molecular complexity index is 676. The van der Waals surface area contributed by atoms with Gasteiger partial charge in [-0.3, -0.25) is 4.79 Å². The zero-order valence-corrected chi connectivity index (χ0v) is 11.9. The molecule has 0 aliphatic heterocycles. The summed E-state index contributed by atoms with van der Waals surface area (Å²) in [5, 5.41) is 0. The van der Waals surface area contributed by atoms with Gasteiger partial charge < -0.3 is 10.3 Å². The fourth-order valence-corrected chi connectivity index (χ4v) is 1.96. The molecule has 0 bridgehead atoms. The van der Waals surface area contributed by atoms with Crippen molar-refractivity contribution in [3.05, 3.63) is 40.8 Å². The lowest BCUT2D eigenvalue weighted by Gasteiger charge is -2.23. The third-order valence-electron chi connectivity index (χ3n) is 3.38. The van der Waals surface area contributed by atoms with Gasteiger partial charge in [-0.05, 0) is 18.6 Å². The number of benzene rings is 1. The number of fused-ring (bicyclic) bond motifs is 1. The van der Waals surface area contributed by atoms with Crippen molar-refractivity contribution in [2.24, 2.45) is 11.1 Å². The molecule has 100 valence electrons. The largest absolute Gasteiger partial charge is 0.393 e. The van der Waals surface area contributed by atoms with Crippen LogP contribution in [0.3, 0.4) is 0 Å². The Kier molecular flexibility index (Phi) is 3.66. The molecule has 0 radical (unpaired) electrons. The van der Waals surface area contributed by atoms with E-state index in [9.17, 15) is 4.79 Å². The maximum Gasteiger partial charge on any atom is 0.269 e. The second kappa shape index (κ2) is 5.09. The Morgan fingerprint density at radius 3 is 2.79 bits per heavy atom. The lowest BCUT2D eigenvalue weighted by molar-refractivity contribution is 0.435. The van der Waals surface area contributed by atoms with Gasteiger partial charge in [0.15, 0.2) is 0 Å². The molecule has 2 N–H and O–H groups in total. The summed E-state index contributed by atoms with van der Waals surface area (Å²) in [5.74, 6) is 0. The van der Waals surface area contributed by atoms with Gasteiger partial charge in [-0.25, -0.2) is 4.98 Å². The molecular weight excluding hydrogens is 258 g/mol. The Labute approximate surface area is 117 Å². The summed E-state index contributed by atoms with van der Waals surface area (Å²) < 4.78 is 1.72. The summed E-state index contributed by atoms with van der Waals surface area (Å²) in [6.07, 6.45) is 2.08. The van der Waals surface area contributed by atoms with E-state index in [1.165, 1.54) is 6.20 Å². The van der Waals surface area contributed by atoms with E-state index in [-0.39, 0.29) is 11.0 Å². The smallest absolute Gasteiger partial charge is 0.269 e. The van der Waals surface area contributed by atoms with Crippen LogP contribution in [0.25, 0.3) is 11.0 Å². The van der Waals surface area contributed by atoms with Crippen LogP contribution in [-0.4, -0.2) is 14.5 Å². The minimum absolute atomic E-state index is 0.0996. The molecule has 0 unspecified atom stereocenters. The van der Waals surface area contributed by atoms with E-state index in [4.69, 9.17) is 18.0 Å². The van der Waals surface area contributed by atoms with Crippen LogP contribution in [0.5, 0.6) is 0 Å². The van der Waals surface area contributed by atoms with Gasteiger partial charge in [0.2, 0.25) is 0 Å². The molecule has 5 heteroatoms. The first kappa shape index (κ1) is 13.7. The third-order valence-corrected chi connectivity index (χ3v) is 3.93. The Balaban J connectivity index is 2.38. The van der Waals surface area contributed by atoms with Gasteiger partial charge in [-0.2, -0.15) is 0 Å². The third kappa shape index (κ3) is 2.81.